The lowest BCUT2D eigenvalue weighted by Gasteiger charge is -2.14. The third-order valence-electron chi connectivity index (χ3n) is 2.76. The minimum absolute atomic E-state index is 0.0121. The van der Waals surface area contributed by atoms with Crippen LogP contribution in [0, 0.1) is 21.4 Å². The van der Waals surface area contributed by atoms with E-state index in [0.717, 1.165) is 0 Å². The van der Waals surface area contributed by atoms with Crippen molar-refractivity contribution in [2.75, 3.05) is 5.32 Å². The number of aliphatic carboxylic acids is 1. The van der Waals surface area contributed by atoms with E-state index in [9.17, 15) is 14.9 Å². The third kappa shape index (κ3) is 4.57. The number of nitrogens with one attached hydrogen (secondary N) is 1. The fraction of sp³-hybridized carbons (Fsp3) is 0.385. The lowest BCUT2D eigenvalue weighted by molar-refractivity contribution is -0.385. The van der Waals surface area contributed by atoms with Crippen LogP contribution in [0.3, 0.4) is 0 Å². The minimum atomic E-state index is -0.841. The molecule has 0 aliphatic rings. The van der Waals surface area contributed by atoms with E-state index in [1.165, 1.54) is 12.1 Å². The third-order valence-corrected chi connectivity index (χ3v) is 2.76. The van der Waals surface area contributed by atoms with E-state index < -0.39 is 10.9 Å². The number of carboxylic acids is 1. The van der Waals surface area contributed by atoms with Gasteiger partial charge < -0.3 is 10.4 Å². The Labute approximate surface area is 116 Å². The first kappa shape index (κ1) is 15.4. The van der Waals surface area contributed by atoms with Crippen molar-refractivity contribution in [1.29, 1.82) is 5.26 Å². The van der Waals surface area contributed by atoms with Gasteiger partial charge >= 0.3 is 5.97 Å². The van der Waals surface area contributed by atoms with Crippen molar-refractivity contribution in [3.05, 3.63) is 33.9 Å². The fourth-order valence-corrected chi connectivity index (χ4v) is 1.78. The summed E-state index contributed by atoms with van der Waals surface area (Å²) in [4.78, 5) is 20.6. The molecule has 0 amide bonds. The van der Waals surface area contributed by atoms with Crippen LogP contribution in [0.2, 0.25) is 0 Å². The maximum atomic E-state index is 10.8. The number of hydrogen-bond acceptors (Lipinski definition) is 5. The SMILES string of the molecule is CC(CCCC(=O)O)Nc1ccc(C#N)c([N+](=O)[O-])c1. The van der Waals surface area contributed by atoms with Gasteiger partial charge in [-0.3, -0.25) is 14.9 Å². The van der Waals surface area contributed by atoms with Gasteiger partial charge in [-0.15, -0.1) is 0 Å². The number of carboxylic acid groups (broad SMARTS) is 1. The van der Waals surface area contributed by atoms with E-state index in [1.807, 2.05) is 6.92 Å². The number of nitriles is 1. The quantitative estimate of drug-likeness (QED) is 0.584. The maximum absolute atomic E-state index is 10.8. The van der Waals surface area contributed by atoms with Crippen LogP contribution < -0.4 is 5.32 Å². The van der Waals surface area contributed by atoms with E-state index in [-0.39, 0.29) is 23.7 Å². The van der Waals surface area contributed by atoms with Crippen LogP contribution in [0.15, 0.2) is 18.2 Å². The van der Waals surface area contributed by atoms with Crippen LogP contribution >= 0.6 is 0 Å². The molecule has 106 valence electrons. The number of hydrogen-bond donors (Lipinski definition) is 2. The molecule has 0 saturated heterocycles. The molecule has 7 nitrogen and oxygen atoms in total. The summed E-state index contributed by atoms with van der Waals surface area (Å²) in [5.41, 5.74) is 0.313. The Morgan fingerprint density at radius 3 is 2.85 bits per heavy atom. The first-order valence-electron chi connectivity index (χ1n) is 6.11. The standard InChI is InChI=1S/C13H15N3O4/c1-9(3-2-4-13(17)18)15-11-6-5-10(8-14)12(7-11)16(19)20/h5-7,9,15H,2-4H2,1H3,(H,17,18). The van der Waals surface area contributed by atoms with E-state index in [2.05, 4.69) is 5.32 Å². The van der Waals surface area contributed by atoms with Gasteiger partial charge in [-0.1, -0.05) is 0 Å². The molecular formula is C13H15N3O4. The average molecular weight is 277 g/mol. The molecule has 0 aliphatic heterocycles. The second-order valence-corrected chi connectivity index (χ2v) is 4.43. The molecule has 0 radical (unpaired) electrons. The molecule has 0 saturated carbocycles. The van der Waals surface area contributed by atoms with Crippen molar-refractivity contribution in [3.63, 3.8) is 0 Å². The topological polar surface area (TPSA) is 116 Å². The molecule has 0 fully saturated rings. The van der Waals surface area contributed by atoms with E-state index in [1.54, 1.807) is 12.1 Å². The van der Waals surface area contributed by atoms with Gasteiger partial charge in [-0.2, -0.15) is 5.26 Å². The highest BCUT2D eigenvalue weighted by atomic mass is 16.6. The Balaban J connectivity index is 2.69. The van der Waals surface area contributed by atoms with Gasteiger partial charge in [0.2, 0.25) is 0 Å². The molecule has 0 spiro atoms. The molecule has 1 rings (SSSR count). The predicted molar refractivity (Wildman–Crippen MR) is 72.4 cm³/mol. The van der Waals surface area contributed by atoms with Crippen molar-refractivity contribution < 1.29 is 14.8 Å². The molecule has 1 aromatic carbocycles. The Hall–Kier alpha value is -2.62. The van der Waals surface area contributed by atoms with Crippen LogP contribution in [0.25, 0.3) is 0 Å². The van der Waals surface area contributed by atoms with Crippen LogP contribution in [-0.4, -0.2) is 22.0 Å². The smallest absolute Gasteiger partial charge is 0.303 e. The molecule has 0 aliphatic carbocycles. The highest BCUT2D eigenvalue weighted by Crippen LogP contribution is 2.23. The number of benzene rings is 1. The van der Waals surface area contributed by atoms with Crippen molar-refractivity contribution in [3.8, 4) is 6.07 Å². The zero-order valence-corrected chi connectivity index (χ0v) is 11.0. The zero-order chi connectivity index (χ0) is 15.1. The monoisotopic (exact) mass is 277 g/mol. The van der Waals surface area contributed by atoms with Gasteiger partial charge in [0.15, 0.2) is 0 Å². The summed E-state index contributed by atoms with van der Waals surface area (Å²) in [5.74, 6) is -0.841. The highest BCUT2D eigenvalue weighted by Gasteiger charge is 2.15. The van der Waals surface area contributed by atoms with Gasteiger partial charge in [-0.25, -0.2) is 0 Å². The van der Waals surface area contributed by atoms with Gasteiger partial charge in [0.1, 0.15) is 11.6 Å². The molecule has 2 N–H and O–H groups in total. The van der Waals surface area contributed by atoms with Crippen LogP contribution in [0.5, 0.6) is 0 Å². The van der Waals surface area contributed by atoms with Crippen molar-refractivity contribution in [2.24, 2.45) is 0 Å². The molecule has 7 heteroatoms. The summed E-state index contributed by atoms with van der Waals surface area (Å²) < 4.78 is 0. The Kier molecular flexibility index (Phi) is 5.47. The Morgan fingerprint density at radius 2 is 2.30 bits per heavy atom. The summed E-state index contributed by atoms with van der Waals surface area (Å²) in [7, 11) is 0. The molecule has 1 aromatic rings. The fourth-order valence-electron chi connectivity index (χ4n) is 1.78. The second kappa shape index (κ2) is 7.09. The number of nitro groups is 1. The summed E-state index contributed by atoms with van der Waals surface area (Å²) >= 11 is 0. The van der Waals surface area contributed by atoms with Crippen LogP contribution in [0.4, 0.5) is 11.4 Å². The summed E-state index contributed by atoms with van der Waals surface area (Å²) in [5, 5.41) is 31.2. The van der Waals surface area contributed by atoms with E-state index in [4.69, 9.17) is 10.4 Å². The van der Waals surface area contributed by atoms with E-state index >= 15 is 0 Å². The summed E-state index contributed by atoms with van der Waals surface area (Å²) in [6.07, 6.45) is 1.27. The molecule has 20 heavy (non-hydrogen) atoms. The highest BCUT2D eigenvalue weighted by molar-refractivity contribution is 5.66. The second-order valence-electron chi connectivity index (χ2n) is 4.43. The maximum Gasteiger partial charge on any atom is 0.303 e. The van der Waals surface area contributed by atoms with Crippen molar-refractivity contribution in [2.45, 2.75) is 32.2 Å². The van der Waals surface area contributed by atoms with Crippen molar-refractivity contribution >= 4 is 17.3 Å². The van der Waals surface area contributed by atoms with Gasteiger partial charge in [0, 0.05) is 24.2 Å². The summed E-state index contributed by atoms with van der Waals surface area (Å²) in [6, 6.07) is 6.06. The molecule has 0 heterocycles. The molecule has 0 aromatic heterocycles. The summed E-state index contributed by atoms with van der Waals surface area (Å²) in [6.45, 7) is 1.87. The Morgan fingerprint density at radius 1 is 1.60 bits per heavy atom. The number of carbonyl (C=O) groups is 1. The molecule has 0 bridgehead atoms. The minimum Gasteiger partial charge on any atom is -0.481 e. The lowest BCUT2D eigenvalue weighted by atomic mass is 10.1. The first-order valence-corrected chi connectivity index (χ1v) is 6.11. The van der Waals surface area contributed by atoms with E-state index in [0.29, 0.717) is 18.5 Å². The predicted octanol–water partition coefficient (Wildman–Crippen LogP) is 2.52. The molecular weight excluding hydrogens is 262 g/mol. The number of rotatable bonds is 7. The lowest BCUT2D eigenvalue weighted by Crippen LogP contribution is -2.15. The van der Waals surface area contributed by atoms with Gasteiger partial charge in [-0.05, 0) is 31.9 Å². The zero-order valence-electron chi connectivity index (χ0n) is 11.0. The van der Waals surface area contributed by atoms with Crippen LogP contribution in [0.1, 0.15) is 31.7 Å². The number of nitro benzene ring substituents is 1. The van der Waals surface area contributed by atoms with Crippen molar-refractivity contribution in [1.82, 2.24) is 0 Å². The largest absolute Gasteiger partial charge is 0.481 e. The first-order chi connectivity index (χ1) is 9.43. The van der Waals surface area contributed by atoms with Gasteiger partial charge in [0.05, 0.1) is 4.92 Å². The normalized spacial score (nSPS) is 11.4. The van der Waals surface area contributed by atoms with Gasteiger partial charge in [0.25, 0.3) is 5.69 Å². The number of nitrogens with zero attached hydrogens (tertiary/aromatic N) is 2. The average Bonchev–Trinajstić information content (AvgIpc) is 2.38. The number of anilines is 1. The van der Waals surface area contributed by atoms with Crippen LogP contribution in [-0.2, 0) is 4.79 Å². The molecule has 1 unspecified atom stereocenters. The molecule has 1 atom stereocenters. The Bertz CT molecular complexity index is 551.